The molecular weight excluding hydrogens is 342 g/mol. The molecule has 1 heterocycles. The van der Waals surface area contributed by atoms with Gasteiger partial charge in [-0.1, -0.05) is 20.8 Å². The van der Waals surface area contributed by atoms with Crippen molar-refractivity contribution in [2.75, 3.05) is 0 Å². The zero-order valence-corrected chi connectivity index (χ0v) is 15.7. The van der Waals surface area contributed by atoms with E-state index in [1.807, 2.05) is 11.3 Å². The molecule has 0 radical (unpaired) electrons. The lowest BCUT2D eigenvalue weighted by Crippen LogP contribution is -2.46. The number of rotatable bonds is 2. The Morgan fingerprint density at radius 1 is 1.29 bits per heavy atom. The van der Waals surface area contributed by atoms with E-state index in [-0.39, 0.29) is 0 Å². The molecule has 1 N–H and O–H groups in total. The summed E-state index contributed by atoms with van der Waals surface area (Å²) in [6, 6.07) is 3.67. The maximum atomic E-state index is 4.10. The van der Waals surface area contributed by atoms with E-state index in [0.717, 1.165) is 5.92 Å². The molecule has 0 amide bonds. The second-order valence-electron chi connectivity index (χ2n) is 8.20. The molecule has 21 heavy (non-hydrogen) atoms. The molecule has 4 rings (SSSR count). The summed E-state index contributed by atoms with van der Waals surface area (Å²) in [5, 5.41) is 4.10. The largest absolute Gasteiger partial charge is 0.307 e. The van der Waals surface area contributed by atoms with Gasteiger partial charge in [0, 0.05) is 17.0 Å². The summed E-state index contributed by atoms with van der Waals surface area (Å²) in [5.41, 5.74) is 2.59. The van der Waals surface area contributed by atoms with Crippen molar-refractivity contribution in [3.05, 3.63) is 20.3 Å². The second-order valence-corrected chi connectivity index (χ2v) is 10.7. The number of thiophene rings is 1. The van der Waals surface area contributed by atoms with E-state index in [1.165, 1.54) is 42.3 Å². The molecule has 4 atom stereocenters. The van der Waals surface area contributed by atoms with Crippen LogP contribution in [0.4, 0.5) is 0 Å². The Hall–Kier alpha value is 0.140. The van der Waals surface area contributed by atoms with Gasteiger partial charge in [-0.05, 0) is 82.8 Å². The predicted molar refractivity (Wildman–Crippen MR) is 93.9 cm³/mol. The second kappa shape index (κ2) is 4.82. The van der Waals surface area contributed by atoms with E-state index in [2.05, 4.69) is 48.1 Å². The molecule has 3 aliphatic rings. The number of fused-ring (bicyclic) bond motifs is 3. The summed E-state index contributed by atoms with van der Waals surface area (Å²) in [6.07, 6.45) is 8.18. The van der Waals surface area contributed by atoms with Gasteiger partial charge in [-0.15, -0.1) is 11.3 Å². The SMILES string of the molecule is CC1(C)C2CCC1(C)C(NC1CCCc3sc(Br)cc31)C2. The van der Waals surface area contributed by atoms with Crippen LogP contribution in [-0.4, -0.2) is 6.04 Å². The Morgan fingerprint density at radius 3 is 2.76 bits per heavy atom. The normalized spacial score (nSPS) is 40.5. The van der Waals surface area contributed by atoms with Gasteiger partial charge in [0.2, 0.25) is 0 Å². The van der Waals surface area contributed by atoms with Crippen molar-refractivity contribution in [3.8, 4) is 0 Å². The summed E-state index contributed by atoms with van der Waals surface area (Å²) in [4.78, 5) is 1.61. The molecule has 116 valence electrons. The average molecular weight is 368 g/mol. The van der Waals surface area contributed by atoms with Crippen LogP contribution in [-0.2, 0) is 6.42 Å². The number of nitrogens with one attached hydrogen (secondary N) is 1. The van der Waals surface area contributed by atoms with Crippen LogP contribution in [0.25, 0.3) is 0 Å². The van der Waals surface area contributed by atoms with Gasteiger partial charge in [-0.25, -0.2) is 0 Å². The van der Waals surface area contributed by atoms with Crippen molar-refractivity contribution >= 4 is 27.3 Å². The quantitative estimate of drug-likeness (QED) is 0.707. The minimum Gasteiger partial charge on any atom is -0.307 e. The third kappa shape index (κ3) is 2.03. The van der Waals surface area contributed by atoms with Crippen molar-refractivity contribution in [1.29, 1.82) is 0 Å². The molecule has 1 aromatic heterocycles. The summed E-state index contributed by atoms with van der Waals surface area (Å²) < 4.78 is 1.31. The molecule has 1 aromatic rings. The first-order chi connectivity index (χ1) is 9.92. The average Bonchev–Trinajstić information content (AvgIpc) is 2.96. The van der Waals surface area contributed by atoms with E-state index in [0.29, 0.717) is 22.9 Å². The van der Waals surface area contributed by atoms with Gasteiger partial charge in [-0.2, -0.15) is 0 Å². The highest BCUT2D eigenvalue weighted by molar-refractivity contribution is 9.11. The Kier molecular flexibility index (Phi) is 3.37. The van der Waals surface area contributed by atoms with Crippen molar-refractivity contribution in [1.82, 2.24) is 5.32 Å². The molecule has 3 heteroatoms. The lowest BCUT2D eigenvalue weighted by Gasteiger charge is -2.41. The molecule has 2 saturated carbocycles. The minimum absolute atomic E-state index is 0.489. The van der Waals surface area contributed by atoms with Crippen LogP contribution < -0.4 is 5.32 Å². The number of aryl methyl sites for hydroxylation is 1. The van der Waals surface area contributed by atoms with Gasteiger partial charge in [0.05, 0.1) is 3.79 Å². The summed E-state index contributed by atoms with van der Waals surface area (Å²) >= 11 is 5.63. The highest BCUT2D eigenvalue weighted by Gasteiger charge is 2.61. The smallest absolute Gasteiger partial charge is 0.0704 e. The van der Waals surface area contributed by atoms with Crippen molar-refractivity contribution in [2.24, 2.45) is 16.7 Å². The van der Waals surface area contributed by atoms with Crippen LogP contribution in [0.5, 0.6) is 0 Å². The fourth-order valence-corrected chi connectivity index (χ4v) is 7.21. The lowest BCUT2D eigenvalue weighted by molar-refractivity contribution is 0.113. The minimum atomic E-state index is 0.489. The van der Waals surface area contributed by atoms with Gasteiger partial charge in [0.15, 0.2) is 0 Å². The van der Waals surface area contributed by atoms with Gasteiger partial charge < -0.3 is 5.32 Å². The van der Waals surface area contributed by atoms with Crippen LogP contribution >= 0.6 is 27.3 Å². The van der Waals surface area contributed by atoms with Crippen molar-refractivity contribution in [2.45, 2.75) is 71.4 Å². The van der Waals surface area contributed by atoms with Crippen LogP contribution in [0.1, 0.15) is 69.4 Å². The molecule has 3 aliphatic carbocycles. The molecule has 0 saturated heterocycles. The first-order valence-corrected chi connectivity index (χ1v) is 10.1. The van der Waals surface area contributed by atoms with Crippen molar-refractivity contribution in [3.63, 3.8) is 0 Å². The van der Waals surface area contributed by atoms with Crippen LogP contribution in [0, 0.1) is 16.7 Å². The zero-order valence-electron chi connectivity index (χ0n) is 13.3. The predicted octanol–water partition coefficient (Wildman–Crippen LogP) is 5.69. The van der Waals surface area contributed by atoms with Crippen LogP contribution in [0.15, 0.2) is 9.85 Å². The maximum Gasteiger partial charge on any atom is 0.0704 e. The summed E-state index contributed by atoms with van der Waals surface area (Å²) in [5.74, 6) is 0.928. The Balaban J connectivity index is 1.58. The van der Waals surface area contributed by atoms with Gasteiger partial charge >= 0.3 is 0 Å². The Labute approximate surface area is 141 Å². The van der Waals surface area contributed by atoms with E-state index < -0.39 is 0 Å². The molecule has 2 bridgehead atoms. The van der Waals surface area contributed by atoms with Gasteiger partial charge in [0.25, 0.3) is 0 Å². The van der Waals surface area contributed by atoms with E-state index in [4.69, 9.17) is 0 Å². The zero-order chi connectivity index (χ0) is 14.8. The molecule has 0 aliphatic heterocycles. The molecule has 1 nitrogen and oxygen atoms in total. The Morgan fingerprint density at radius 2 is 2.10 bits per heavy atom. The van der Waals surface area contributed by atoms with E-state index >= 15 is 0 Å². The maximum absolute atomic E-state index is 4.10. The van der Waals surface area contributed by atoms with Gasteiger partial charge in [-0.3, -0.25) is 0 Å². The number of hydrogen-bond acceptors (Lipinski definition) is 2. The standard InChI is InChI=1S/C18H26BrNS/c1-17(2)11-7-8-18(17,3)15(9-11)20-13-5-4-6-14-12(13)10-16(19)21-14/h10-11,13,15,20H,4-9H2,1-3H3. The van der Waals surface area contributed by atoms with Crippen LogP contribution in [0.3, 0.4) is 0 Å². The van der Waals surface area contributed by atoms with Crippen molar-refractivity contribution < 1.29 is 0 Å². The first kappa shape index (κ1) is 14.7. The summed E-state index contributed by atoms with van der Waals surface area (Å²) in [7, 11) is 0. The van der Waals surface area contributed by atoms with Gasteiger partial charge in [0.1, 0.15) is 0 Å². The molecule has 2 fully saturated rings. The van der Waals surface area contributed by atoms with Crippen LogP contribution in [0.2, 0.25) is 0 Å². The van der Waals surface area contributed by atoms with E-state index in [9.17, 15) is 0 Å². The first-order valence-electron chi connectivity index (χ1n) is 8.46. The molecule has 4 unspecified atom stereocenters. The highest BCUT2D eigenvalue weighted by atomic mass is 79.9. The molecular formula is C18H26BrNS. The fourth-order valence-electron chi connectivity index (χ4n) is 5.39. The number of hydrogen-bond donors (Lipinski definition) is 1. The van der Waals surface area contributed by atoms with E-state index in [1.54, 1.807) is 10.4 Å². The number of halogens is 1. The third-order valence-electron chi connectivity index (χ3n) is 7.28. The third-order valence-corrected chi connectivity index (χ3v) is 8.99. The molecule has 0 spiro atoms. The lowest BCUT2D eigenvalue weighted by atomic mass is 9.69. The monoisotopic (exact) mass is 367 g/mol. The summed E-state index contributed by atoms with van der Waals surface area (Å²) in [6.45, 7) is 7.57. The Bertz CT molecular complexity index is 564. The highest BCUT2D eigenvalue weighted by Crippen LogP contribution is 2.65. The molecule has 0 aromatic carbocycles. The topological polar surface area (TPSA) is 12.0 Å². The fraction of sp³-hybridized carbons (Fsp3) is 0.778.